The van der Waals surface area contributed by atoms with Crippen LogP contribution in [0.4, 0.5) is 0 Å². The molecule has 0 aliphatic rings. The molecule has 1 heterocycles. The summed E-state index contributed by atoms with van der Waals surface area (Å²) in [4.78, 5) is 14.6. The highest BCUT2D eigenvalue weighted by Gasteiger charge is 2.10. The molecule has 1 aromatic carbocycles. The lowest BCUT2D eigenvalue weighted by molar-refractivity contribution is 0.118. The van der Waals surface area contributed by atoms with E-state index in [2.05, 4.69) is 11.9 Å². The topological polar surface area (TPSA) is 65.9 Å². The normalized spacial score (nSPS) is 10.4. The van der Waals surface area contributed by atoms with Crippen molar-refractivity contribution in [2.45, 2.75) is 33.3 Å². The van der Waals surface area contributed by atoms with Crippen LogP contribution < -0.4 is 5.56 Å². The molecular weight excluding hydrogens is 276 g/mol. The number of hydrogen-bond donors (Lipinski definition) is 1. The molecule has 0 amide bonds. The summed E-state index contributed by atoms with van der Waals surface area (Å²) in [7, 11) is 0. The minimum absolute atomic E-state index is 0.148. The van der Waals surface area contributed by atoms with Crippen LogP contribution in [0.3, 0.4) is 0 Å². The second-order valence-corrected chi connectivity index (χ2v) is 5.29. The Hall–Kier alpha value is -2.38. The third-order valence-corrected chi connectivity index (χ3v) is 3.43. The van der Waals surface area contributed by atoms with Crippen molar-refractivity contribution in [3.63, 3.8) is 0 Å². The maximum Gasteiger partial charge on any atom is 0.266 e. The zero-order chi connectivity index (χ0) is 15.9. The summed E-state index contributed by atoms with van der Waals surface area (Å²) < 4.78 is 5.62. The average Bonchev–Trinajstić information content (AvgIpc) is 2.51. The van der Waals surface area contributed by atoms with Gasteiger partial charge in [-0.05, 0) is 36.6 Å². The number of benzene rings is 1. The molecule has 0 unspecified atom stereocenters. The predicted molar refractivity (Wildman–Crippen MR) is 86.5 cm³/mol. The van der Waals surface area contributed by atoms with Crippen molar-refractivity contribution in [3.8, 4) is 17.2 Å². The Balaban J connectivity index is 2.30. The highest BCUT2D eigenvalue weighted by molar-refractivity contribution is 5.70. The summed E-state index contributed by atoms with van der Waals surface area (Å²) >= 11 is 0. The van der Waals surface area contributed by atoms with Gasteiger partial charge in [-0.2, -0.15) is 5.26 Å². The first-order chi connectivity index (χ1) is 10.7. The number of aryl methyl sites for hydroxylation is 1. The van der Waals surface area contributed by atoms with E-state index in [0.29, 0.717) is 12.2 Å². The Bertz CT molecular complexity index is 741. The Morgan fingerprint density at radius 1 is 1.32 bits per heavy atom. The number of pyridine rings is 1. The highest BCUT2D eigenvalue weighted by atomic mass is 16.5. The van der Waals surface area contributed by atoms with Crippen LogP contribution in [0.2, 0.25) is 0 Å². The third-order valence-electron chi connectivity index (χ3n) is 3.43. The van der Waals surface area contributed by atoms with Crippen LogP contribution in [-0.2, 0) is 11.3 Å². The van der Waals surface area contributed by atoms with Gasteiger partial charge in [0.15, 0.2) is 0 Å². The number of rotatable bonds is 6. The summed E-state index contributed by atoms with van der Waals surface area (Å²) in [6, 6.07) is 11.6. The van der Waals surface area contributed by atoms with E-state index in [1.807, 2.05) is 43.3 Å². The van der Waals surface area contributed by atoms with Gasteiger partial charge < -0.3 is 9.72 Å². The zero-order valence-corrected chi connectivity index (χ0v) is 13.0. The zero-order valence-electron chi connectivity index (χ0n) is 13.0. The van der Waals surface area contributed by atoms with Crippen LogP contribution >= 0.6 is 0 Å². The molecule has 1 N–H and O–H groups in total. The molecule has 0 aliphatic carbocycles. The third kappa shape index (κ3) is 3.84. The number of nitrogens with zero attached hydrogens (tertiary/aromatic N) is 1. The number of unbranched alkanes of at least 4 members (excludes halogenated alkanes) is 1. The number of nitriles is 1. The Morgan fingerprint density at radius 3 is 2.86 bits per heavy atom. The molecule has 0 fully saturated rings. The molecule has 0 spiro atoms. The van der Waals surface area contributed by atoms with Gasteiger partial charge in [0, 0.05) is 17.9 Å². The molecule has 0 saturated carbocycles. The van der Waals surface area contributed by atoms with E-state index in [9.17, 15) is 10.1 Å². The Kier molecular flexibility index (Phi) is 5.51. The second kappa shape index (κ2) is 7.58. The molecule has 2 aromatic rings. The van der Waals surface area contributed by atoms with E-state index in [1.165, 1.54) is 0 Å². The fourth-order valence-electron chi connectivity index (χ4n) is 2.29. The maximum atomic E-state index is 11.9. The summed E-state index contributed by atoms with van der Waals surface area (Å²) in [6.07, 6.45) is 2.16. The van der Waals surface area contributed by atoms with Crippen LogP contribution in [0.15, 0.2) is 35.1 Å². The van der Waals surface area contributed by atoms with Gasteiger partial charge >= 0.3 is 0 Å². The monoisotopic (exact) mass is 296 g/mol. The summed E-state index contributed by atoms with van der Waals surface area (Å²) in [5, 5.41) is 9.23. The molecule has 4 nitrogen and oxygen atoms in total. The number of aromatic amines is 1. The fourth-order valence-corrected chi connectivity index (χ4v) is 2.29. The number of ether oxygens (including phenoxy) is 1. The van der Waals surface area contributed by atoms with E-state index in [-0.39, 0.29) is 11.1 Å². The van der Waals surface area contributed by atoms with Crippen LogP contribution in [0, 0.1) is 18.3 Å². The van der Waals surface area contributed by atoms with Crippen molar-refractivity contribution in [1.29, 1.82) is 5.26 Å². The van der Waals surface area contributed by atoms with Gasteiger partial charge in [0.2, 0.25) is 0 Å². The van der Waals surface area contributed by atoms with Gasteiger partial charge in [-0.1, -0.05) is 31.5 Å². The molecule has 0 radical (unpaired) electrons. The van der Waals surface area contributed by atoms with E-state index in [4.69, 9.17) is 4.74 Å². The van der Waals surface area contributed by atoms with Crippen molar-refractivity contribution in [1.82, 2.24) is 4.98 Å². The lowest BCUT2D eigenvalue weighted by Crippen LogP contribution is -2.12. The van der Waals surface area contributed by atoms with Gasteiger partial charge in [0.1, 0.15) is 11.6 Å². The molecule has 1 aromatic heterocycles. The fraction of sp³-hybridized carbons (Fsp3) is 0.333. The molecule has 0 bridgehead atoms. The quantitative estimate of drug-likeness (QED) is 0.829. The van der Waals surface area contributed by atoms with Crippen molar-refractivity contribution in [2.75, 3.05) is 6.61 Å². The standard InChI is InChI=1S/C18H20N2O2/c1-3-4-8-22-12-14-6-5-7-15(10-14)16-9-13(2)20-18(21)17(16)11-19/h5-7,9-10H,3-4,8,12H2,1-2H3,(H,20,21). The molecule has 2 rings (SSSR count). The van der Waals surface area contributed by atoms with E-state index in [0.717, 1.165) is 36.3 Å². The Labute approximate surface area is 130 Å². The van der Waals surface area contributed by atoms with Crippen molar-refractivity contribution in [2.24, 2.45) is 0 Å². The molecule has 0 aliphatic heterocycles. The van der Waals surface area contributed by atoms with E-state index >= 15 is 0 Å². The predicted octanol–water partition coefficient (Wildman–Crippen LogP) is 3.54. The lowest BCUT2D eigenvalue weighted by Gasteiger charge is -2.08. The number of hydrogen-bond acceptors (Lipinski definition) is 3. The molecular formula is C18H20N2O2. The minimum atomic E-state index is -0.345. The summed E-state index contributed by atoms with van der Waals surface area (Å²) in [6.45, 7) is 5.22. The first kappa shape index (κ1) is 16.0. The smallest absolute Gasteiger partial charge is 0.266 e. The van der Waals surface area contributed by atoms with Crippen molar-refractivity contribution < 1.29 is 4.74 Å². The van der Waals surface area contributed by atoms with Crippen LogP contribution in [0.1, 0.15) is 36.6 Å². The van der Waals surface area contributed by atoms with Crippen LogP contribution in [-0.4, -0.2) is 11.6 Å². The van der Waals surface area contributed by atoms with Gasteiger partial charge in [-0.15, -0.1) is 0 Å². The number of aromatic nitrogens is 1. The van der Waals surface area contributed by atoms with Crippen LogP contribution in [0.25, 0.3) is 11.1 Å². The van der Waals surface area contributed by atoms with Gasteiger partial charge in [0.25, 0.3) is 5.56 Å². The molecule has 0 saturated heterocycles. The molecule has 114 valence electrons. The van der Waals surface area contributed by atoms with Crippen LogP contribution in [0.5, 0.6) is 0 Å². The Morgan fingerprint density at radius 2 is 2.14 bits per heavy atom. The SMILES string of the molecule is CCCCOCc1cccc(-c2cc(C)[nH]c(=O)c2C#N)c1. The first-order valence-corrected chi connectivity index (χ1v) is 7.46. The number of nitrogens with one attached hydrogen (secondary N) is 1. The maximum absolute atomic E-state index is 11.9. The van der Waals surface area contributed by atoms with Gasteiger partial charge in [0.05, 0.1) is 6.61 Å². The van der Waals surface area contributed by atoms with E-state index in [1.54, 1.807) is 0 Å². The van der Waals surface area contributed by atoms with E-state index < -0.39 is 0 Å². The largest absolute Gasteiger partial charge is 0.377 e. The summed E-state index contributed by atoms with van der Waals surface area (Å²) in [5.74, 6) is 0. The van der Waals surface area contributed by atoms with Crippen molar-refractivity contribution >= 4 is 0 Å². The average molecular weight is 296 g/mol. The molecule has 4 heteroatoms. The lowest BCUT2D eigenvalue weighted by atomic mass is 9.99. The van der Waals surface area contributed by atoms with Crippen molar-refractivity contribution in [3.05, 3.63) is 57.5 Å². The minimum Gasteiger partial charge on any atom is -0.377 e. The second-order valence-electron chi connectivity index (χ2n) is 5.29. The summed E-state index contributed by atoms with van der Waals surface area (Å²) in [5.41, 5.74) is 3.11. The highest BCUT2D eigenvalue weighted by Crippen LogP contribution is 2.23. The molecule has 22 heavy (non-hydrogen) atoms. The van der Waals surface area contributed by atoms with Gasteiger partial charge in [-0.25, -0.2) is 0 Å². The first-order valence-electron chi connectivity index (χ1n) is 7.46. The molecule has 0 atom stereocenters. The van der Waals surface area contributed by atoms with Gasteiger partial charge in [-0.3, -0.25) is 4.79 Å². The number of H-pyrrole nitrogens is 1.